The maximum absolute atomic E-state index is 5.66. The monoisotopic (exact) mass is 480 g/mol. The molecule has 4 rings (SSSR count). The third kappa shape index (κ3) is 4.54. The Labute approximate surface area is 178 Å². The molecule has 1 spiro atoms. The Balaban J connectivity index is 0.00000210. The summed E-state index contributed by atoms with van der Waals surface area (Å²) in [7, 11) is 0. The van der Waals surface area contributed by atoms with Crippen molar-refractivity contribution in [3.05, 3.63) is 42.1 Å². The molecule has 1 N–H and O–H groups in total. The molecule has 2 aromatic rings. The number of rotatable bonds is 4. The van der Waals surface area contributed by atoms with Gasteiger partial charge < -0.3 is 15.0 Å². The van der Waals surface area contributed by atoms with E-state index in [1.165, 1.54) is 23.8 Å². The highest BCUT2D eigenvalue weighted by atomic mass is 127. The number of nitrogens with zero attached hydrogens (tertiary/aromatic N) is 3. The molecule has 0 amide bonds. The van der Waals surface area contributed by atoms with Gasteiger partial charge in [0, 0.05) is 49.8 Å². The number of ether oxygens (including phenoxy) is 1. The van der Waals surface area contributed by atoms with Gasteiger partial charge in [0.2, 0.25) is 0 Å². The lowest BCUT2D eigenvalue weighted by Crippen LogP contribution is -2.41. The summed E-state index contributed by atoms with van der Waals surface area (Å²) in [4.78, 5) is 11.9. The summed E-state index contributed by atoms with van der Waals surface area (Å²) >= 11 is 0. The third-order valence-corrected chi connectivity index (χ3v) is 5.62. The second-order valence-corrected chi connectivity index (χ2v) is 7.45. The molecule has 2 aliphatic rings. The minimum absolute atomic E-state index is 0. The number of para-hydroxylation sites is 1. The van der Waals surface area contributed by atoms with Crippen LogP contribution >= 0.6 is 24.0 Å². The van der Waals surface area contributed by atoms with Gasteiger partial charge >= 0.3 is 0 Å². The van der Waals surface area contributed by atoms with Gasteiger partial charge in [0.25, 0.3) is 0 Å². The standard InChI is InChI=1S/C21H28N4O.HI/c1-2-22-20(25-13-9-21(15-25)10-14-26-16-21)24-12-8-18-6-3-5-17-7-4-11-23-19(17)18;/h3-7,11H,2,8-10,12-16H2,1H3,(H,22,24);1H. The SMILES string of the molecule is CCNC(=NCCc1cccc2cccnc12)N1CCC2(CCOC2)C1.I. The number of fused-ring (bicyclic) bond motifs is 1. The van der Waals surface area contributed by atoms with Gasteiger partial charge in [0.05, 0.1) is 12.1 Å². The minimum Gasteiger partial charge on any atom is -0.381 e. The van der Waals surface area contributed by atoms with Gasteiger partial charge in [0.1, 0.15) is 0 Å². The predicted molar refractivity (Wildman–Crippen MR) is 121 cm³/mol. The Morgan fingerprint density at radius 1 is 1.30 bits per heavy atom. The number of pyridine rings is 1. The van der Waals surface area contributed by atoms with E-state index in [1.54, 1.807) is 0 Å². The summed E-state index contributed by atoms with van der Waals surface area (Å²) in [6.07, 6.45) is 5.17. The van der Waals surface area contributed by atoms with Gasteiger partial charge in [-0.15, -0.1) is 24.0 Å². The fraction of sp³-hybridized carbons (Fsp3) is 0.524. The summed E-state index contributed by atoms with van der Waals surface area (Å²) in [5.74, 6) is 1.05. The first kappa shape index (κ1) is 20.3. The topological polar surface area (TPSA) is 49.8 Å². The summed E-state index contributed by atoms with van der Waals surface area (Å²) in [6.45, 7) is 7.77. The quantitative estimate of drug-likeness (QED) is 0.414. The molecule has 2 aliphatic heterocycles. The van der Waals surface area contributed by atoms with E-state index in [0.29, 0.717) is 5.41 Å². The molecule has 1 aromatic carbocycles. The molecule has 3 heterocycles. The van der Waals surface area contributed by atoms with E-state index in [4.69, 9.17) is 9.73 Å². The van der Waals surface area contributed by atoms with Gasteiger partial charge in [-0.3, -0.25) is 9.98 Å². The maximum atomic E-state index is 5.66. The first-order valence-electron chi connectivity index (χ1n) is 9.73. The molecule has 6 heteroatoms. The molecule has 146 valence electrons. The van der Waals surface area contributed by atoms with E-state index in [1.807, 2.05) is 12.3 Å². The molecule has 0 bridgehead atoms. The first-order chi connectivity index (χ1) is 12.8. The van der Waals surface area contributed by atoms with Gasteiger partial charge in [-0.25, -0.2) is 0 Å². The molecule has 2 fully saturated rings. The fourth-order valence-electron chi connectivity index (χ4n) is 4.16. The Morgan fingerprint density at radius 2 is 2.19 bits per heavy atom. The summed E-state index contributed by atoms with van der Waals surface area (Å²) < 4.78 is 5.66. The van der Waals surface area contributed by atoms with Crippen molar-refractivity contribution in [3.63, 3.8) is 0 Å². The van der Waals surface area contributed by atoms with Crippen LogP contribution < -0.4 is 5.32 Å². The minimum atomic E-state index is 0. The number of halogens is 1. The highest BCUT2D eigenvalue weighted by Crippen LogP contribution is 2.38. The van der Waals surface area contributed by atoms with Crippen LogP contribution in [0.4, 0.5) is 0 Å². The van der Waals surface area contributed by atoms with Crippen molar-refractivity contribution in [2.24, 2.45) is 10.4 Å². The molecule has 0 saturated carbocycles. The lowest BCUT2D eigenvalue weighted by molar-refractivity contribution is 0.156. The lowest BCUT2D eigenvalue weighted by atomic mass is 9.87. The Bertz CT molecular complexity index is 783. The van der Waals surface area contributed by atoms with Gasteiger partial charge in [-0.05, 0) is 37.8 Å². The first-order valence-corrected chi connectivity index (χ1v) is 9.73. The van der Waals surface area contributed by atoms with E-state index in [-0.39, 0.29) is 24.0 Å². The predicted octanol–water partition coefficient (Wildman–Crippen LogP) is 3.47. The van der Waals surface area contributed by atoms with Crippen LogP contribution in [0.2, 0.25) is 0 Å². The van der Waals surface area contributed by atoms with Crippen molar-refractivity contribution in [1.29, 1.82) is 0 Å². The normalized spacial score (nSPS) is 22.4. The molecule has 1 aromatic heterocycles. The van der Waals surface area contributed by atoms with Crippen LogP contribution in [0.1, 0.15) is 25.3 Å². The zero-order chi connectivity index (χ0) is 17.8. The highest BCUT2D eigenvalue weighted by Gasteiger charge is 2.42. The number of nitrogens with one attached hydrogen (secondary N) is 1. The van der Waals surface area contributed by atoms with Crippen LogP contribution in [0, 0.1) is 5.41 Å². The molecule has 0 aliphatic carbocycles. The number of aliphatic imine (C=N–C) groups is 1. The van der Waals surface area contributed by atoms with Crippen LogP contribution in [0.3, 0.4) is 0 Å². The van der Waals surface area contributed by atoms with Crippen LogP contribution in [0.15, 0.2) is 41.5 Å². The summed E-state index contributed by atoms with van der Waals surface area (Å²) in [5.41, 5.74) is 2.72. The van der Waals surface area contributed by atoms with Crippen molar-refractivity contribution in [1.82, 2.24) is 15.2 Å². The molecular formula is C21H29IN4O. The van der Waals surface area contributed by atoms with E-state index >= 15 is 0 Å². The Morgan fingerprint density at radius 3 is 3.00 bits per heavy atom. The van der Waals surface area contributed by atoms with Crippen molar-refractivity contribution in [2.75, 3.05) is 39.4 Å². The number of benzene rings is 1. The van der Waals surface area contributed by atoms with E-state index in [2.05, 4.69) is 46.4 Å². The molecular weight excluding hydrogens is 451 g/mol. The van der Waals surface area contributed by atoms with Crippen LogP contribution in [0.5, 0.6) is 0 Å². The largest absolute Gasteiger partial charge is 0.381 e. The third-order valence-electron chi connectivity index (χ3n) is 5.62. The molecule has 1 atom stereocenters. The zero-order valence-electron chi connectivity index (χ0n) is 16.0. The van der Waals surface area contributed by atoms with Gasteiger partial charge in [-0.1, -0.05) is 24.3 Å². The average Bonchev–Trinajstić information content (AvgIpc) is 3.31. The summed E-state index contributed by atoms with van der Waals surface area (Å²) in [6, 6.07) is 10.5. The summed E-state index contributed by atoms with van der Waals surface area (Å²) in [5, 5.41) is 4.67. The fourth-order valence-corrected chi connectivity index (χ4v) is 4.16. The molecule has 0 radical (unpaired) electrons. The van der Waals surface area contributed by atoms with Crippen molar-refractivity contribution in [2.45, 2.75) is 26.2 Å². The number of hydrogen-bond donors (Lipinski definition) is 1. The van der Waals surface area contributed by atoms with Crippen LogP contribution in [0.25, 0.3) is 10.9 Å². The Kier molecular flexibility index (Phi) is 6.92. The number of guanidine groups is 1. The van der Waals surface area contributed by atoms with Crippen molar-refractivity contribution in [3.8, 4) is 0 Å². The van der Waals surface area contributed by atoms with Gasteiger partial charge in [0.15, 0.2) is 5.96 Å². The molecule has 2 saturated heterocycles. The number of aromatic nitrogens is 1. The number of hydrogen-bond acceptors (Lipinski definition) is 3. The molecule has 5 nitrogen and oxygen atoms in total. The second kappa shape index (κ2) is 9.19. The van der Waals surface area contributed by atoms with Crippen molar-refractivity contribution < 1.29 is 4.74 Å². The Hall–Kier alpha value is -1.41. The second-order valence-electron chi connectivity index (χ2n) is 7.45. The van der Waals surface area contributed by atoms with Crippen molar-refractivity contribution >= 4 is 40.8 Å². The molecule has 27 heavy (non-hydrogen) atoms. The van der Waals surface area contributed by atoms with E-state index in [9.17, 15) is 0 Å². The van der Waals surface area contributed by atoms with Gasteiger partial charge in [-0.2, -0.15) is 0 Å². The van der Waals surface area contributed by atoms with E-state index < -0.39 is 0 Å². The number of likely N-dealkylation sites (tertiary alicyclic amines) is 1. The zero-order valence-corrected chi connectivity index (χ0v) is 18.3. The molecule has 1 unspecified atom stereocenters. The van der Waals surface area contributed by atoms with Crippen LogP contribution in [-0.4, -0.2) is 55.2 Å². The average molecular weight is 480 g/mol. The smallest absolute Gasteiger partial charge is 0.193 e. The maximum Gasteiger partial charge on any atom is 0.193 e. The highest BCUT2D eigenvalue weighted by molar-refractivity contribution is 14.0. The van der Waals surface area contributed by atoms with Crippen LogP contribution in [-0.2, 0) is 11.2 Å². The van der Waals surface area contributed by atoms with E-state index in [0.717, 1.165) is 57.3 Å². The lowest BCUT2D eigenvalue weighted by Gasteiger charge is -2.25.